The predicted octanol–water partition coefficient (Wildman–Crippen LogP) is 4.13. The highest BCUT2D eigenvalue weighted by atomic mass is 16.5. The first-order chi connectivity index (χ1) is 13.7. The maximum absolute atomic E-state index is 12.8. The van der Waals surface area contributed by atoms with Gasteiger partial charge in [-0.25, -0.2) is 0 Å². The van der Waals surface area contributed by atoms with Crippen LogP contribution in [0, 0.1) is 0 Å². The first-order valence-electron chi connectivity index (χ1n) is 9.09. The van der Waals surface area contributed by atoms with Crippen LogP contribution in [0.5, 0.6) is 5.75 Å². The average molecular weight is 376 g/mol. The summed E-state index contributed by atoms with van der Waals surface area (Å²) in [5.74, 6) is 0.602. The molecule has 0 saturated carbocycles. The summed E-state index contributed by atoms with van der Waals surface area (Å²) in [4.78, 5) is 27.0. The van der Waals surface area contributed by atoms with Crippen molar-refractivity contribution in [3.63, 3.8) is 0 Å². The van der Waals surface area contributed by atoms with Gasteiger partial charge in [-0.1, -0.05) is 6.07 Å². The van der Waals surface area contributed by atoms with Crippen molar-refractivity contribution < 1.29 is 18.7 Å². The average Bonchev–Trinajstić information content (AvgIpc) is 3.28. The number of rotatable bonds is 4. The Morgan fingerprint density at radius 3 is 2.64 bits per heavy atom. The molecule has 0 saturated heterocycles. The summed E-state index contributed by atoms with van der Waals surface area (Å²) >= 11 is 0. The van der Waals surface area contributed by atoms with E-state index in [1.54, 1.807) is 48.4 Å². The molecule has 2 heterocycles. The topological polar surface area (TPSA) is 71.8 Å². The molecule has 3 aromatic rings. The summed E-state index contributed by atoms with van der Waals surface area (Å²) in [6.07, 6.45) is 3.27. The number of hydrogen-bond donors (Lipinski definition) is 1. The third kappa shape index (κ3) is 3.49. The van der Waals surface area contributed by atoms with E-state index in [-0.39, 0.29) is 11.8 Å². The van der Waals surface area contributed by atoms with Crippen molar-refractivity contribution in [3.05, 3.63) is 77.7 Å². The van der Waals surface area contributed by atoms with E-state index in [4.69, 9.17) is 9.15 Å². The van der Waals surface area contributed by atoms with Gasteiger partial charge >= 0.3 is 0 Å². The Morgan fingerprint density at radius 1 is 1.11 bits per heavy atom. The molecule has 0 radical (unpaired) electrons. The van der Waals surface area contributed by atoms with Gasteiger partial charge in [-0.05, 0) is 66.9 Å². The van der Waals surface area contributed by atoms with Gasteiger partial charge in [-0.3, -0.25) is 9.59 Å². The molecule has 4 rings (SSSR count). The van der Waals surface area contributed by atoms with Crippen LogP contribution in [0.1, 0.15) is 32.9 Å². The van der Waals surface area contributed by atoms with Gasteiger partial charge in [0.25, 0.3) is 11.8 Å². The number of aryl methyl sites for hydroxylation is 1. The number of nitrogens with one attached hydrogen (secondary N) is 1. The summed E-state index contributed by atoms with van der Waals surface area (Å²) in [6.45, 7) is 0.614. The molecule has 0 atom stereocenters. The Morgan fingerprint density at radius 2 is 1.93 bits per heavy atom. The molecule has 142 valence electrons. The number of amides is 2. The lowest BCUT2D eigenvalue weighted by molar-refractivity contribution is 0.0958. The first-order valence-corrected chi connectivity index (χ1v) is 9.09. The fourth-order valence-corrected chi connectivity index (χ4v) is 3.34. The number of nitrogens with zero attached hydrogens (tertiary/aromatic N) is 1. The van der Waals surface area contributed by atoms with E-state index in [9.17, 15) is 9.59 Å². The molecule has 28 heavy (non-hydrogen) atoms. The maximum atomic E-state index is 12.8. The van der Waals surface area contributed by atoms with Crippen molar-refractivity contribution in [2.75, 3.05) is 23.9 Å². The van der Waals surface area contributed by atoms with Crippen molar-refractivity contribution in [1.82, 2.24) is 0 Å². The van der Waals surface area contributed by atoms with Crippen LogP contribution in [-0.2, 0) is 6.42 Å². The van der Waals surface area contributed by atoms with Gasteiger partial charge in [0, 0.05) is 23.5 Å². The highest BCUT2D eigenvalue weighted by molar-refractivity contribution is 6.07. The zero-order valence-corrected chi connectivity index (χ0v) is 15.5. The minimum atomic E-state index is -0.220. The van der Waals surface area contributed by atoms with Gasteiger partial charge in [0.05, 0.1) is 13.4 Å². The maximum Gasteiger partial charge on any atom is 0.293 e. The largest absolute Gasteiger partial charge is 0.497 e. The van der Waals surface area contributed by atoms with Crippen molar-refractivity contribution in [1.29, 1.82) is 0 Å². The van der Waals surface area contributed by atoms with Gasteiger partial charge in [-0.2, -0.15) is 0 Å². The van der Waals surface area contributed by atoms with Crippen LogP contribution in [-0.4, -0.2) is 25.5 Å². The molecule has 6 nitrogen and oxygen atoms in total. The SMILES string of the molecule is COc1ccc(C(=O)Nc2ccc3c(c2)N(C(=O)c2ccco2)CCC3)cc1. The summed E-state index contributed by atoms with van der Waals surface area (Å²) in [7, 11) is 1.58. The molecule has 0 aliphatic carbocycles. The minimum Gasteiger partial charge on any atom is -0.497 e. The van der Waals surface area contributed by atoms with Crippen LogP contribution in [0.4, 0.5) is 11.4 Å². The zero-order chi connectivity index (χ0) is 19.5. The second-order valence-electron chi connectivity index (χ2n) is 6.56. The summed E-state index contributed by atoms with van der Waals surface area (Å²) in [6, 6.07) is 15.9. The second kappa shape index (κ2) is 7.60. The zero-order valence-electron chi connectivity index (χ0n) is 15.5. The van der Waals surface area contributed by atoms with Crippen molar-refractivity contribution in [2.45, 2.75) is 12.8 Å². The third-order valence-electron chi connectivity index (χ3n) is 4.79. The Hall–Kier alpha value is -3.54. The number of carbonyl (C=O) groups excluding carboxylic acids is 2. The third-order valence-corrected chi connectivity index (χ3v) is 4.79. The van der Waals surface area contributed by atoms with E-state index in [0.29, 0.717) is 29.3 Å². The van der Waals surface area contributed by atoms with Gasteiger partial charge in [0.15, 0.2) is 5.76 Å². The van der Waals surface area contributed by atoms with Gasteiger partial charge in [-0.15, -0.1) is 0 Å². The van der Waals surface area contributed by atoms with Crippen LogP contribution in [0.15, 0.2) is 65.3 Å². The summed E-state index contributed by atoms with van der Waals surface area (Å²) < 4.78 is 10.4. The Bertz CT molecular complexity index is 994. The van der Waals surface area contributed by atoms with Gasteiger partial charge < -0.3 is 19.4 Å². The van der Waals surface area contributed by atoms with Crippen LogP contribution < -0.4 is 15.0 Å². The minimum absolute atomic E-state index is 0.176. The fourth-order valence-electron chi connectivity index (χ4n) is 3.34. The normalized spacial score (nSPS) is 13.0. The molecule has 0 fully saturated rings. The van der Waals surface area contributed by atoms with Crippen LogP contribution in [0.3, 0.4) is 0 Å². The van der Waals surface area contributed by atoms with E-state index in [1.165, 1.54) is 6.26 Å². The van der Waals surface area contributed by atoms with E-state index in [2.05, 4.69) is 5.32 Å². The molecular formula is C22H20N2O4. The molecule has 1 aliphatic heterocycles. The van der Waals surface area contributed by atoms with Crippen molar-refractivity contribution in [3.8, 4) is 5.75 Å². The Labute approximate surface area is 162 Å². The monoisotopic (exact) mass is 376 g/mol. The van der Waals surface area contributed by atoms with Gasteiger partial charge in [0.1, 0.15) is 5.75 Å². The summed E-state index contributed by atoms with van der Waals surface area (Å²) in [5, 5.41) is 2.90. The highest BCUT2D eigenvalue weighted by Gasteiger charge is 2.25. The number of anilines is 2. The first kappa shape index (κ1) is 17.9. The number of ether oxygens (including phenoxy) is 1. The second-order valence-corrected chi connectivity index (χ2v) is 6.56. The number of carbonyl (C=O) groups is 2. The quantitative estimate of drug-likeness (QED) is 0.743. The smallest absolute Gasteiger partial charge is 0.293 e. The number of hydrogen-bond acceptors (Lipinski definition) is 4. The van der Waals surface area contributed by atoms with Crippen LogP contribution >= 0.6 is 0 Å². The molecule has 1 aliphatic rings. The Balaban J connectivity index is 1.57. The lowest BCUT2D eigenvalue weighted by Gasteiger charge is -2.29. The number of furan rings is 1. The van der Waals surface area contributed by atoms with E-state index < -0.39 is 0 Å². The number of methoxy groups -OCH3 is 1. The molecule has 2 amide bonds. The number of fused-ring (bicyclic) bond motifs is 1. The fraction of sp³-hybridized carbons (Fsp3) is 0.182. The number of benzene rings is 2. The van der Waals surface area contributed by atoms with E-state index >= 15 is 0 Å². The van der Waals surface area contributed by atoms with Crippen LogP contribution in [0.25, 0.3) is 0 Å². The highest BCUT2D eigenvalue weighted by Crippen LogP contribution is 2.31. The molecule has 1 N–H and O–H groups in total. The molecule has 2 aromatic carbocycles. The molecular weight excluding hydrogens is 356 g/mol. The van der Waals surface area contributed by atoms with Crippen LogP contribution in [0.2, 0.25) is 0 Å². The molecule has 0 unspecified atom stereocenters. The molecule has 6 heteroatoms. The van der Waals surface area contributed by atoms with E-state index in [1.807, 2.05) is 18.2 Å². The molecule has 0 spiro atoms. The van der Waals surface area contributed by atoms with Crippen molar-refractivity contribution >= 4 is 23.2 Å². The van der Waals surface area contributed by atoms with Crippen molar-refractivity contribution in [2.24, 2.45) is 0 Å². The van der Waals surface area contributed by atoms with E-state index in [0.717, 1.165) is 24.1 Å². The predicted molar refractivity (Wildman–Crippen MR) is 106 cm³/mol. The molecule has 0 bridgehead atoms. The standard InChI is InChI=1S/C22H20N2O4/c1-27-18-10-7-16(8-11-18)21(25)23-17-9-6-15-4-2-12-24(19(15)14-17)22(26)20-5-3-13-28-20/h3,5-11,13-14H,2,4,12H2,1H3,(H,23,25). The lowest BCUT2D eigenvalue weighted by Crippen LogP contribution is -2.35. The lowest BCUT2D eigenvalue weighted by atomic mass is 10.0. The molecule has 1 aromatic heterocycles. The van der Waals surface area contributed by atoms with Gasteiger partial charge in [0.2, 0.25) is 0 Å². The summed E-state index contributed by atoms with van der Waals surface area (Å²) in [5.41, 5.74) is 3.05. The Kier molecular flexibility index (Phi) is 4.85.